The minimum Gasteiger partial charge on any atom is -0.440 e. The third-order valence-electron chi connectivity index (χ3n) is 6.25. The highest BCUT2D eigenvalue weighted by molar-refractivity contribution is 6.09. The summed E-state index contributed by atoms with van der Waals surface area (Å²) in [6, 6.07) is 7.19. The molecular weight excluding hydrogens is 372 g/mol. The van der Waals surface area contributed by atoms with Crippen LogP contribution in [0.5, 0.6) is 0 Å². The van der Waals surface area contributed by atoms with Crippen LogP contribution in [0.4, 0.5) is 4.79 Å². The molecule has 1 N–H and O–H groups in total. The van der Waals surface area contributed by atoms with Crippen LogP contribution in [0.15, 0.2) is 28.7 Å². The van der Waals surface area contributed by atoms with Gasteiger partial charge in [0.05, 0.1) is 0 Å². The predicted octanol–water partition coefficient (Wildman–Crippen LogP) is 2.64. The number of carbonyl (C=O) groups is 3. The van der Waals surface area contributed by atoms with E-state index in [9.17, 15) is 14.4 Å². The van der Waals surface area contributed by atoms with Crippen molar-refractivity contribution in [3.8, 4) is 0 Å². The molecule has 2 aliphatic rings. The van der Waals surface area contributed by atoms with E-state index in [1.54, 1.807) is 4.90 Å². The van der Waals surface area contributed by atoms with Gasteiger partial charge >= 0.3 is 6.03 Å². The van der Waals surface area contributed by atoms with E-state index in [1.165, 1.54) is 0 Å². The van der Waals surface area contributed by atoms with Gasteiger partial charge in [0.2, 0.25) is 5.91 Å². The second-order valence-corrected chi connectivity index (χ2v) is 7.79. The van der Waals surface area contributed by atoms with Crippen LogP contribution in [-0.4, -0.2) is 57.8 Å². The minimum absolute atomic E-state index is 0.163. The van der Waals surface area contributed by atoms with Crippen LogP contribution in [0.1, 0.15) is 51.3 Å². The molecule has 0 radical (unpaired) electrons. The first-order valence-electron chi connectivity index (χ1n) is 10.2. The number of hydrogen-bond donors (Lipinski definition) is 1. The summed E-state index contributed by atoms with van der Waals surface area (Å²) in [4.78, 5) is 45.0. The number of nitrogens with zero attached hydrogens (tertiary/aromatic N) is 3. The molecule has 0 aliphatic carbocycles. The number of urea groups is 1. The van der Waals surface area contributed by atoms with Crippen LogP contribution in [0.2, 0.25) is 0 Å². The largest absolute Gasteiger partial charge is 0.440 e. The molecule has 3 heterocycles. The number of piperidine rings is 1. The summed E-state index contributed by atoms with van der Waals surface area (Å²) < 4.78 is 5.87. The van der Waals surface area contributed by atoms with Crippen molar-refractivity contribution < 1.29 is 18.8 Å². The molecule has 1 aromatic heterocycles. The summed E-state index contributed by atoms with van der Waals surface area (Å²) in [6.45, 7) is 4.63. The van der Waals surface area contributed by atoms with Crippen molar-refractivity contribution in [3.63, 3.8) is 0 Å². The Bertz CT molecular complexity index is 908. The fourth-order valence-electron chi connectivity index (χ4n) is 4.22. The van der Waals surface area contributed by atoms with Crippen LogP contribution in [0, 0.1) is 0 Å². The van der Waals surface area contributed by atoms with Crippen molar-refractivity contribution in [3.05, 3.63) is 30.2 Å². The van der Waals surface area contributed by atoms with E-state index in [4.69, 9.17) is 4.42 Å². The molecule has 154 valence electrons. The fraction of sp³-hybridized carbons (Fsp3) is 0.524. The van der Waals surface area contributed by atoms with Crippen LogP contribution < -0.4 is 5.32 Å². The zero-order valence-electron chi connectivity index (χ0n) is 16.8. The molecule has 2 fully saturated rings. The van der Waals surface area contributed by atoms with E-state index in [1.807, 2.05) is 38.1 Å². The van der Waals surface area contributed by atoms with Crippen LogP contribution >= 0.6 is 0 Å². The molecule has 2 saturated heterocycles. The number of likely N-dealkylation sites (tertiary alicyclic amines) is 1. The first kappa shape index (κ1) is 19.4. The van der Waals surface area contributed by atoms with Gasteiger partial charge in [0.15, 0.2) is 11.5 Å². The Morgan fingerprint density at radius 3 is 2.52 bits per heavy atom. The third-order valence-corrected chi connectivity index (χ3v) is 6.25. The number of nitrogens with one attached hydrogen (secondary N) is 1. The van der Waals surface area contributed by atoms with Crippen LogP contribution in [0.3, 0.4) is 0 Å². The molecule has 0 spiro atoms. The summed E-state index contributed by atoms with van der Waals surface area (Å²) in [7, 11) is 0. The van der Waals surface area contributed by atoms with Gasteiger partial charge < -0.3 is 14.6 Å². The lowest BCUT2D eigenvalue weighted by Crippen LogP contribution is -2.48. The number of amides is 4. The van der Waals surface area contributed by atoms with Gasteiger partial charge in [-0.2, -0.15) is 0 Å². The smallest absolute Gasteiger partial charge is 0.325 e. The van der Waals surface area contributed by atoms with Crippen molar-refractivity contribution in [2.45, 2.75) is 51.0 Å². The van der Waals surface area contributed by atoms with E-state index >= 15 is 0 Å². The highest BCUT2D eigenvalue weighted by Gasteiger charge is 2.49. The average molecular weight is 398 g/mol. The highest BCUT2D eigenvalue weighted by Crippen LogP contribution is 2.30. The van der Waals surface area contributed by atoms with Gasteiger partial charge in [-0.05, 0) is 37.8 Å². The van der Waals surface area contributed by atoms with E-state index in [2.05, 4.69) is 10.3 Å². The number of oxazole rings is 1. The minimum atomic E-state index is -0.878. The predicted molar refractivity (Wildman–Crippen MR) is 106 cm³/mol. The van der Waals surface area contributed by atoms with Crippen molar-refractivity contribution >= 4 is 28.9 Å². The molecule has 0 bridgehead atoms. The van der Waals surface area contributed by atoms with Crippen molar-refractivity contribution in [2.75, 3.05) is 19.6 Å². The van der Waals surface area contributed by atoms with Crippen LogP contribution in [0.25, 0.3) is 11.1 Å². The van der Waals surface area contributed by atoms with Gasteiger partial charge in [0.25, 0.3) is 5.91 Å². The number of rotatable bonds is 5. The zero-order valence-corrected chi connectivity index (χ0v) is 16.8. The Morgan fingerprint density at radius 1 is 1.21 bits per heavy atom. The number of benzene rings is 1. The Kier molecular flexibility index (Phi) is 5.02. The SMILES string of the molecule is CCC1(CC)NC(=O)N(CC(=O)N2CCC(c3nc4ccccc4o3)CC2)C1=O. The lowest BCUT2D eigenvalue weighted by Gasteiger charge is -2.31. The van der Waals surface area contributed by atoms with Gasteiger partial charge in [0.1, 0.15) is 17.6 Å². The number of aromatic nitrogens is 1. The molecule has 0 unspecified atom stereocenters. The summed E-state index contributed by atoms with van der Waals surface area (Å²) in [5, 5.41) is 2.76. The molecule has 2 aliphatic heterocycles. The van der Waals surface area contributed by atoms with Gasteiger partial charge in [-0.3, -0.25) is 14.5 Å². The van der Waals surface area contributed by atoms with Crippen molar-refractivity contribution in [1.29, 1.82) is 0 Å². The maximum Gasteiger partial charge on any atom is 0.325 e. The second-order valence-electron chi connectivity index (χ2n) is 7.79. The quantitative estimate of drug-likeness (QED) is 0.781. The molecular formula is C21H26N4O4. The molecule has 1 aromatic carbocycles. The summed E-state index contributed by atoms with van der Waals surface area (Å²) in [5.74, 6) is 0.369. The molecule has 8 nitrogen and oxygen atoms in total. The van der Waals surface area contributed by atoms with Gasteiger partial charge in [-0.1, -0.05) is 26.0 Å². The summed E-state index contributed by atoms with van der Waals surface area (Å²) >= 11 is 0. The van der Waals surface area contributed by atoms with Crippen LogP contribution in [-0.2, 0) is 9.59 Å². The molecule has 8 heteroatoms. The van der Waals surface area contributed by atoms with E-state index < -0.39 is 11.6 Å². The first-order valence-corrected chi connectivity index (χ1v) is 10.2. The summed E-state index contributed by atoms with van der Waals surface area (Å²) in [5.41, 5.74) is 0.738. The molecule has 0 saturated carbocycles. The number of carbonyl (C=O) groups excluding carboxylic acids is 3. The first-order chi connectivity index (χ1) is 14.0. The molecule has 4 amide bonds. The van der Waals surface area contributed by atoms with E-state index in [0.29, 0.717) is 31.8 Å². The van der Waals surface area contributed by atoms with E-state index in [0.717, 1.165) is 28.8 Å². The molecule has 4 rings (SSSR count). The Balaban J connectivity index is 1.37. The maximum atomic E-state index is 12.7. The van der Waals surface area contributed by atoms with Crippen molar-refractivity contribution in [2.24, 2.45) is 0 Å². The Morgan fingerprint density at radius 2 is 1.90 bits per heavy atom. The normalized spacial score (nSPS) is 19.8. The number of imide groups is 1. The van der Waals surface area contributed by atoms with E-state index in [-0.39, 0.29) is 24.3 Å². The standard InChI is InChI=1S/C21H26N4O4/c1-3-21(4-2)19(27)25(20(28)23-21)13-17(26)24-11-9-14(10-12-24)18-22-15-7-5-6-8-16(15)29-18/h5-8,14H,3-4,9-13H2,1-2H3,(H,23,28). The fourth-order valence-corrected chi connectivity index (χ4v) is 4.22. The highest BCUT2D eigenvalue weighted by atomic mass is 16.3. The maximum absolute atomic E-state index is 12.7. The van der Waals surface area contributed by atoms with Crippen molar-refractivity contribution in [1.82, 2.24) is 20.1 Å². The Labute approximate surface area is 169 Å². The molecule has 0 atom stereocenters. The van der Waals surface area contributed by atoms with Gasteiger partial charge in [-0.25, -0.2) is 9.78 Å². The molecule has 2 aromatic rings. The average Bonchev–Trinajstić information content (AvgIpc) is 3.28. The zero-order chi connectivity index (χ0) is 20.6. The van der Waals surface area contributed by atoms with Gasteiger partial charge in [-0.15, -0.1) is 0 Å². The summed E-state index contributed by atoms with van der Waals surface area (Å²) in [6.07, 6.45) is 2.50. The number of fused-ring (bicyclic) bond motifs is 1. The van der Waals surface area contributed by atoms with Gasteiger partial charge in [0, 0.05) is 19.0 Å². The third kappa shape index (κ3) is 3.36. The topological polar surface area (TPSA) is 95.8 Å². The lowest BCUT2D eigenvalue weighted by molar-refractivity contribution is -0.139. The molecule has 29 heavy (non-hydrogen) atoms. The number of hydrogen-bond acceptors (Lipinski definition) is 5. The second kappa shape index (κ2) is 7.50. The monoisotopic (exact) mass is 398 g/mol. The lowest BCUT2D eigenvalue weighted by atomic mass is 9.93. The number of para-hydroxylation sites is 2. The Hall–Kier alpha value is -2.90.